The fourth-order valence-electron chi connectivity index (χ4n) is 2.24. The second-order valence-corrected chi connectivity index (χ2v) is 4.73. The highest BCUT2D eigenvalue weighted by Crippen LogP contribution is 2.16. The Hall–Kier alpha value is -0.0800. The van der Waals surface area contributed by atoms with Gasteiger partial charge in [0.05, 0.1) is 0 Å². The van der Waals surface area contributed by atoms with Gasteiger partial charge in [0.2, 0.25) is 0 Å². The first-order valence-corrected chi connectivity index (χ1v) is 6.15. The summed E-state index contributed by atoms with van der Waals surface area (Å²) in [7, 11) is 2.08. The third-order valence-corrected chi connectivity index (χ3v) is 3.49. The van der Waals surface area contributed by atoms with Crippen molar-refractivity contribution in [2.75, 3.05) is 26.7 Å². The summed E-state index contributed by atoms with van der Waals surface area (Å²) in [5, 5.41) is 3.39. The van der Waals surface area contributed by atoms with Crippen LogP contribution in [-0.4, -0.2) is 37.6 Å². The Morgan fingerprint density at radius 1 is 1.36 bits per heavy atom. The molecule has 0 spiro atoms. The van der Waals surface area contributed by atoms with Crippen LogP contribution in [0, 0.1) is 5.92 Å². The van der Waals surface area contributed by atoms with E-state index in [4.69, 9.17) is 0 Å². The number of nitrogens with zero attached hydrogens (tertiary/aromatic N) is 1. The average molecular weight is 198 g/mol. The van der Waals surface area contributed by atoms with Crippen molar-refractivity contribution >= 4 is 0 Å². The molecule has 0 aliphatic carbocycles. The Morgan fingerprint density at radius 2 is 2.14 bits per heavy atom. The molecular formula is C12H26N2. The second-order valence-electron chi connectivity index (χ2n) is 4.73. The molecule has 1 N–H and O–H groups in total. The number of hydrogen-bond donors (Lipinski definition) is 1. The smallest absolute Gasteiger partial charge is 0.0189 e. The molecule has 2 unspecified atom stereocenters. The topological polar surface area (TPSA) is 15.3 Å². The highest BCUT2D eigenvalue weighted by Gasteiger charge is 2.15. The molecule has 0 saturated carbocycles. The van der Waals surface area contributed by atoms with Crippen molar-refractivity contribution in [2.24, 2.45) is 5.92 Å². The number of likely N-dealkylation sites (N-methyl/N-ethyl adjacent to an activating group) is 1. The molecule has 2 heteroatoms. The average Bonchev–Trinajstić information content (AvgIpc) is 2.40. The van der Waals surface area contributed by atoms with Crippen molar-refractivity contribution in [3.8, 4) is 0 Å². The molecule has 1 rings (SSSR count). The van der Waals surface area contributed by atoms with E-state index in [0.29, 0.717) is 6.04 Å². The Balaban J connectivity index is 2.29. The molecule has 0 aromatic heterocycles. The minimum absolute atomic E-state index is 0.684. The summed E-state index contributed by atoms with van der Waals surface area (Å²) in [6.07, 6.45) is 5.44. The summed E-state index contributed by atoms with van der Waals surface area (Å²) in [6.45, 7) is 8.50. The lowest BCUT2D eigenvalue weighted by atomic mass is 10.0. The van der Waals surface area contributed by atoms with E-state index in [1.54, 1.807) is 0 Å². The zero-order valence-electron chi connectivity index (χ0n) is 10.1. The third-order valence-electron chi connectivity index (χ3n) is 3.49. The van der Waals surface area contributed by atoms with Crippen LogP contribution in [0.3, 0.4) is 0 Å². The normalized spacial score (nSPS) is 27.2. The van der Waals surface area contributed by atoms with Gasteiger partial charge in [-0.25, -0.2) is 0 Å². The van der Waals surface area contributed by atoms with Gasteiger partial charge in [0.15, 0.2) is 0 Å². The standard InChI is InChI=1S/C12H26N2/c1-4-12(13-3)10-14-8-5-6-11(2)7-9-14/h11-13H,4-10H2,1-3H3. The van der Waals surface area contributed by atoms with Gasteiger partial charge in [-0.15, -0.1) is 0 Å². The van der Waals surface area contributed by atoms with Gasteiger partial charge in [0, 0.05) is 12.6 Å². The summed E-state index contributed by atoms with van der Waals surface area (Å²) in [6, 6.07) is 0.684. The molecule has 84 valence electrons. The van der Waals surface area contributed by atoms with E-state index < -0.39 is 0 Å². The minimum Gasteiger partial charge on any atom is -0.316 e. The van der Waals surface area contributed by atoms with E-state index in [1.165, 1.54) is 45.3 Å². The van der Waals surface area contributed by atoms with Crippen molar-refractivity contribution in [1.82, 2.24) is 10.2 Å². The molecule has 1 heterocycles. The summed E-state index contributed by atoms with van der Waals surface area (Å²) >= 11 is 0. The van der Waals surface area contributed by atoms with E-state index >= 15 is 0 Å². The van der Waals surface area contributed by atoms with Gasteiger partial charge in [-0.1, -0.05) is 13.8 Å². The maximum atomic E-state index is 3.39. The fraction of sp³-hybridized carbons (Fsp3) is 1.00. The first kappa shape index (κ1) is 12.0. The van der Waals surface area contributed by atoms with Crippen LogP contribution < -0.4 is 5.32 Å². The quantitative estimate of drug-likeness (QED) is 0.744. The lowest BCUT2D eigenvalue weighted by molar-refractivity contribution is 0.249. The van der Waals surface area contributed by atoms with Crippen LogP contribution in [0.5, 0.6) is 0 Å². The molecule has 0 aromatic rings. The molecule has 0 aromatic carbocycles. The summed E-state index contributed by atoms with van der Waals surface area (Å²) < 4.78 is 0. The lowest BCUT2D eigenvalue weighted by Crippen LogP contribution is -2.39. The van der Waals surface area contributed by atoms with E-state index in [2.05, 4.69) is 31.1 Å². The van der Waals surface area contributed by atoms with Crippen molar-refractivity contribution in [1.29, 1.82) is 0 Å². The SMILES string of the molecule is CCC(CN1CCCC(C)CC1)NC. The molecule has 2 nitrogen and oxygen atoms in total. The van der Waals surface area contributed by atoms with Crippen molar-refractivity contribution in [2.45, 2.75) is 45.6 Å². The fourth-order valence-corrected chi connectivity index (χ4v) is 2.24. The Kier molecular flexibility index (Phi) is 5.49. The number of likely N-dealkylation sites (tertiary alicyclic amines) is 1. The highest BCUT2D eigenvalue weighted by molar-refractivity contribution is 4.73. The van der Waals surface area contributed by atoms with E-state index in [9.17, 15) is 0 Å². The molecule has 1 aliphatic rings. The van der Waals surface area contributed by atoms with Gasteiger partial charge in [-0.05, 0) is 51.7 Å². The summed E-state index contributed by atoms with van der Waals surface area (Å²) in [5.74, 6) is 0.940. The first-order valence-electron chi connectivity index (χ1n) is 6.15. The van der Waals surface area contributed by atoms with Gasteiger partial charge < -0.3 is 10.2 Å². The molecule has 1 fully saturated rings. The predicted octanol–water partition coefficient (Wildman–Crippen LogP) is 2.11. The first-order chi connectivity index (χ1) is 6.76. The molecule has 0 radical (unpaired) electrons. The molecule has 2 atom stereocenters. The summed E-state index contributed by atoms with van der Waals surface area (Å²) in [5.41, 5.74) is 0. The monoisotopic (exact) mass is 198 g/mol. The van der Waals surface area contributed by atoms with Crippen LogP contribution in [0.2, 0.25) is 0 Å². The number of rotatable bonds is 4. The molecule has 14 heavy (non-hydrogen) atoms. The van der Waals surface area contributed by atoms with E-state index in [1.807, 2.05) is 0 Å². The molecule has 1 saturated heterocycles. The van der Waals surface area contributed by atoms with Crippen LogP contribution >= 0.6 is 0 Å². The van der Waals surface area contributed by atoms with E-state index in [0.717, 1.165) is 5.92 Å². The zero-order chi connectivity index (χ0) is 10.4. The molecular weight excluding hydrogens is 172 g/mol. The number of hydrogen-bond acceptors (Lipinski definition) is 2. The molecule has 0 bridgehead atoms. The van der Waals surface area contributed by atoms with Crippen LogP contribution in [0.15, 0.2) is 0 Å². The maximum Gasteiger partial charge on any atom is 0.0189 e. The van der Waals surface area contributed by atoms with Crippen molar-refractivity contribution < 1.29 is 0 Å². The van der Waals surface area contributed by atoms with Gasteiger partial charge in [0.25, 0.3) is 0 Å². The minimum atomic E-state index is 0.684. The summed E-state index contributed by atoms with van der Waals surface area (Å²) in [4.78, 5) is 2.63. The number of nitrogens with one attached hydrogen (secondary N) is 1. The lowest BCUT2D eigenvalue weighted by Gasteiger charge is -2.25. The second kappa shape index (κ2) is 6.41. The van der Waals surface area contributed by atoms with Crippen LogP contribution in [-0.2, 0) is 0 Å². The van der Waals surface area contributed by atoms with Gasteiger partial charge in [-0.2, -0.15) is 0 Å². The van der Waals surface area contributed by atoms with Crippen molar-refractivity contribution in [3.63, 3.8) is 0 Å². The van der Waals surface area contributed by atoms with Gasteiger partial charge in [0.1, 0.15) is 0 Å². The Morgan fingerprint density at radius 3 is 2.79 bits per heavy atom. The third kappa shape index (κ3) is 3.97. The maximum absolute atomic E-state index is 3.39. The highest BCUT2D eigenvalue weighted by atomic mass is 15.1. The van der Waals surface area contributed by atoms with Gasteiger partial charge in [-0.3, -0.25) is 0 Å². The Labute approximate surface area is 89.1 Å². The molecule has 0 amide bonds. The zero-order valence-corrected chi connectivity index (χ0v) is 10.1. The molecule has 1 aliphatic heterocycles. The van der Waals surface area contributed by atoms with Crippen LogP contribution in [0.25, 0.3) is 0 Å². The van der Waals surface area contributed by atoms with Gasteiger partial charge >= 0.3 is 0 Å². The van der Waals surface area contributed by atoms with Crippen LogP contribution in [0.4, 0.5) is 0 Å². The largest absolute Gasteiger partial charge is 0.316 e. The van der Waals surface area contributed by atoms with Crippen molar-refractivity contribution in [3.05, 3.63) is 0 Å². The Bertz CT molecular complexity index is 143. The predicted molar refractivity (Wildman–Crippen MR) is 62.6 cm³/mol. The van der Waals surface area contributed by atoms with Crippen LogP contribution in [0.1, 0.15) is 39.5 Å². The van der Waals surface area contributed by atoms with E-state index in [-0.39, 0.29) is 0 Å².